The standard InChI is InChI=1S/C23H29N3O4/c1-23(2,3)25-21(28)16-6-5-7-17(13-16)24-22(29)26(18-9-10-18)14-15-8-11-19(27)20(12-15)30-4/h5-8,11-13,18,27H,9-10,14H2,1-4H3,(H,24,29)(H,25,28). The van der Waals surface area contributed by atoms with E-state index in [0.29, 0.717) is 23.5 Å². The molecule has 30 heavy (non-hydrogen) atoms. The van der Waals surface area contributed by atoms with E-state index >= 15 is 0 Å². The van der Waals surface area contributed by atoms with Gasteiger partial charge in [0.1, 0.15) is 0 Å². The number of hydrogen-bond acceptors (Lipinski definition) is 4. The first kappa shape index (κ1) is 21.5. The third-order valence-corrected chi connectivity index (χ3v) is 4.71. The van der Waals surface area contributed by atoms with Gasteiger partial charge in [-0.2, -0.15) is 0 Å². The van der Waals surface area contributed by atoms with Gasteiger partial charge >= 0.3 is 6.03 Å². The summed E-state index contributed by atoms with van der Waals surface area (Å²) in [6.07, 6.45) is 1.91. The monoisotopic (exact) mass is 411 g/mol. The first-order valence-corrected chi connectivity index (χ1v) is 10.0. The second-order valence-electron chi connectivity index (χ2n) is 8.58. The number of urea groups is 1. The number of benzene rings is 2. The molecule has 0 aliphatic heterocycles. The Balaban J connectivity index is 1.72. The van der Waals surface area contributed by atoms with Crippen LogP contribution in [-0.2, 0) is 6.54 Å². The molecule has 0 spiro atoms. The summed E-state index contributed by atoms with van der Waals surface area (Å²) in [5.41, 5.74) is 1.58. The molecule has 2 aromatic rings. The number of phenols is 1. The Morgan fingerprint density at radius 2 is 1.90 bits per heavy atom. The zero-order valence-corrected chi connectivity index (χ0v) is 17.9. The number of nitrogens with one attached hydrogen (secondary N) is 2. The molecule has 0 unspecified atom stereocenters. The molecule has 2 aromatic carbocycles. The van der Waals surface area contributed by atoms with E-state index in [1.807, 2.05) is 20.8 Å². The molecule has 0 atom stereocenters. The molecule has 3 amide bonds. The van der Waals surface area contributed by atoms with Gasteiger partial charge in [0, 0.05) is 29.4 Å². The van der Waals surface area contributed by atoms with Crippen LogP contribution in [0.2, 0.25) is 0 Å². The van der Waals surface area contributed by atoms with E-state index in [1.54, 1.807) is 47.4 Å². The number of phenolic OH excluding ortho intramolecular Hbond substituents is 1. The van der Waals surface area contributed by atoms with E-state index in [4.69, 9.17) is 4.74 Å². The average molecular weight is 412 g/mol. The number of methoxy groups -OCH3 is 1. The van der Waals surface area contributed by atoms with Crippen LogP contribution < -0.4 is 15.4 Å². The predicted octanol–water partition coefficient (Wildman–Crippen LogP) is 4.13. The van der Waals surface area contributed by atoms with E-state index < -0.39 is 0 Å². The fourth-order valence-electron chi connectivity index (χ4n) is 3.12. The van der Waals surface area contributed by atoms with Crippen molar-refractivity contribution < 1.29 is 19.4 Å². The maximum absolute atomic E-state index is 13.0. The number of amides is 3. The van der Waals surface area contributed by atoms with Crippen molar-refractivity contribution >= 4 is 17.6 Å². The SMILES string of the molecule is COc1cc(CN(C(=O)Nc2cccc(C(=O)NC(C)(C)C)c2)C2CC2)ccc1O. The summed E-state index contributed by atoms with van der Waals surface area (Å²) in [6, 6.07) is 11.9. The predicted molar refractivity (Wildman–Crippen MR) is 116 cm³/mol. The molecule has 1 aliphatic carbocycles. The zero-order chi connectivity index (χ0) is 21.9. The van der Waals surface area contributed by atoms with Crippen LogP contribution in [0.25, 0.3) is 0 Å². The maximum atomic E-state index is 13.0. The second-order valence-corrected chi connectivity index (χ2v) is 8.58. The number of carbonyl (C=O) groups excluding carboxylic acids is 2. The Bertz CT molecular complexity index is 932. The molecule has 7 nitrogen and oxygen atoms in total. The van der Waals surface area contributed by atoms with Gasteiger partial charge in [-0.25, -0.2) is 4.79 Å². The van der Waals surface area contributed by atoms with E-state index in [9.17, 15) is 14.7 Å². The lowest BCUT2D eigenvalue weighted by atomic mass is 10.1. The molecule has 0 radical (unpaired) electrons. The number of aromatic hydroxyl groups is 1. The van der Waals surface area contributed by atoms with Crippen LogP contribution >= 0.6 is 0 Å². The summed E-state index contributed by atoms with van der Waals surface area (Å²) in [6.45, 7) is 6.16. The average Bonchev–Trinajstić information content (AvgIpc) is 3.51. The zero-order valence-electron chi connectivity index (χ0n) is 17.9. The lowest BCUT2D eigenvalue weighted by molar-refractivity contribution is 0.0919. The van der Waals surface area contributed by atoms with Gasteiger partial charge in [-0.1, -0.05) is 12.1 Å². The minimum absolute atomic E-state index is 0.0639. The number of ether oxygens (including phenoxy) is 1. The fraction of sp³-hybridized carbons (Fsp3) is 0.391. The van der Waals surface area contributed by atoms with Gasteiger partial charge in [0.15, 0.2) is 11.5 Å². The molecule has 1 aliphatic rings. The highest BCUT2D eigenvalue weighted by molar-refractivity contribution is 5.97. The Morgan fingerprint density at radius 3 is 2.53 bits per heavy atom. The first-order valence-electron chi connectivity index (χ1n) is 10.0. The van der Waals surface area contributed by atoms with E-state index in [0.717, 1.165) is 18.4 Å². The lowest BCUT2D eigenvalue weighted by Gasteiger charge is -2.24. The van der Waals surface area contributed by atoms with E-state index in [1.165, 1.54) is 7.11 Å². The van der Waals surface area contributed by atoms with Crippen molar-refractivity contribution in [2.75, 3.05) is 12.4 Å². The molecular weight excluding hydrogens is 382 g/mol. The largest absolute Gasteiger partial charge is 0.504 e. The summed E-state index contributed by atoms with van der Waals surface area (Å²) in [5, 5.41) is 15.6. The first-order chi connectivity index (χ1) is 14.2. The van der Waals surface area contributed by atoms with Crippen LogP contribution in [0.1, 0.15) is 49.5 Å². The molecule has 0 saturated heterocycles. The molecule has 7 heteroatoms. The topological polar surface area (TPSA) is 90.9 Å². The summed E-state index contributed by atoms with van der Waals surface area (Å²) < 4.78 is 5.16. The summed E-state index contributed by atoms with van der Waals surface area (Å²) in [4.78, 5) is 27.1. The van der Waals surface area contributed by atoms with Gasteiger partial charge < -0.3 is 25.4 Å². The van der Waals surface area contributed by atoms with Gasteiger partial charge in [-0.3, -0.25) is 4.79 Å². The third-order valence-electron chi connectivity index (χ3n) is 4.71. The van der Waals surface area contributed by atoms with Crippen molar-refractivity contribution in [3.63, 3.8) is 0 Å². The maximum Gasteiger partial charge on any atom is 0.322 e. The third kappa shape index (κ3) is 5.65. The Hall–Kier alpha value is -3.22. The summed E-state index contributed by atoms with van der Waals surface area (Å²) in [5.74, 6) is 0.254. The minimum Gasteiger partial charge on any atom is -0.504 e. The quantitative estimate of drug-likeness (QED) is 0.667. The molecule has 160 valence electrons. The Kier molecular flexibility index (Phi) is 6.20. The number of rotatable bonds is 6. The van der Waals surface area contributed by atoms with Gasteiger partial charge in [-0.05, 0) is 69.5 Å². The van der Waals surface area contributed by atoms with Crippen molar-refractivity contribution in [2.45, 2.75) is 51.7 Å². The smallest absolute Gasteiger partial charge is 0.322 e. The van der Waals surface area contributed by atoms with Crippen molar-refractivity contribution in [1.82, 2.24) is 10.2 Å². The fourth-order valence-corrected chi connectivity index (χ4v) is 3.12. The lowest BCUT2D eigenvalue weighted by Crippen LogP contribution is -2.40. The molecule has 1 fully saturated rings. The van der Waals surface area contributed by atoms with Gasteiger partial charge in [-0.15, -0.1) is 0 Å². The van der Waals surface area contributed by atoms with Crippen LogP contribution in [0.4, 0.5) is 10.5 Å². The number of hydrogen-bond donors (Lipinski definition) is 3. The van der Waals surface area contributed by atoms with Crippen molar-refractivity contribution in [3.8, 4) is 11.5 Å². The molecule has 0 bridgehead atoms. The number of carbonyl (C=O) groups is 2. The molecule has 0 aromatic heterocycles. The number of anilines is 1. The minimum atomic E-state index is -0.343. The second kappa shape index (κ2) is 8.65. The van der Waals surface area contributed by atoms with Crippen LogP contribution in [0, 0.1) is 0 Å². The number of nitrogens with zero attached hydrogens (tertiary/aromatic N) is 1. The van der Waals surface area contributed by atoms with Crippen LogP contribution in [0.5, 0.6) is 11.5 Å². The van der Waals surface area contributed by atoms with Crippen LogP contribution in [0.15, 0.2) is 42.5 Å². The Morgan fingerprint density at radius 1 is 1.17 bits per heavy atom. The molecule has 3 rings (SSSR count). The van der Waals surface area contributed by atoms with Gasteiger partial charge in [0.2, 0.25) is 0 Å². The van der Waals surface area contributed by atoms with Crippen molar-refractivity contribution in [3.05, 3.63) is 53.6 Å². The molecular formula is C23H29N3O4. The molecule has 1 saturated carbocycles. The Labute approximate surface area is 177 Å². The summed E-state index contributed by atoms with van der Waals surface area (Å²) in [7, 11) is 1.49. The highest BCUT2D eigenvalue weighted by Crippen LogP contribution is 2.31. The molecule has 0 heterocycles. The van der Waals surface area contributed by atoms with E-state index in [2.05, 4.69) is 10.6 Å². The van der Waals surface area contributed by atoms with Crippen LogP contribution in [0.3, 0.4) is 0 Å². The van der Waals surface area contributed by atoms with Gasteiger partial charge in [0.05, 0.1) is 7.11 Å². The summed E-state index contributed by atoms with van der Waals surface area (Å²) >= 11 is 0. The van der Waals surface area contributed by atoms with Gasteiger partial charge in [0.25, 0.3) is 5.91 Å². The van der Waals surface area contributed by atoms with Crippen LogP contribution in [-0.4, -0.2) is 40.6 Å². The highest BCUT2D eigenvalue weighted by atomic mass is 16.5. The van der Waals surface area contributed by atoms with Crippen molar-refractivity contribution in [1.29, 1.82) is 0 Å². The normalized spacial score (nSPS) is 13.5. The van der Waals surface area contributed by atoms with E-state index in [-0.39, 0.29) is 29.3 Å². The molecule has 3 N–H and O–H groups in total. The highest BCUT2D eigenvalue weighted by Gasteiger charge is 2.33. The van der Waals surface area contributed by atoms with Crippen molar-refractivity contribution in [2.24, 2.45) is 0 Å².